The normalized spacial score (nSPS) is 11.5. The molecule has 0 saturated heterocycles. The Morgan fingerprint density at radius 2 is 1.85 bits per heavy atom. The van der Waals surface area contributed by atoms with Crippen LogP contribution in [0.1, 0.15) is 26.3 Å². The van der Waals surface area contributed by atoms with E-state index in [-0.39, 0.29) is 5.60 Å². The summed E-state index contributed by atoms with van der Waals surface area (Å²) in [4.78, 5) is 0. The highest BCUT2D eigenvalue weighted by atomic mass is 79.9. The first-order valence-corrected chi connectivity index (χ1v) is 5.13. The second kappa shape index (κ2) is 3.70. The lowest BCUT2D eigenvalue weighted by Gasteiger charge is -2.22. The third kappa shape index (κ3) is 3.39. The fourth-order valence-corrected chi connectivity index (χ4v) is 1.35. The summed E-state index contributed by atoms with van der Waals surface area (Å²) in [5.41, 5.74) is 1.07. The Bertz CT molecular complexity index is 299. The Balaban J connectivity index is 2.94. The highest BCUT2D eigenvalue weighted by Gasteiger charge is 2.13. The zero-order chi connectivity index (χ0) is 10.1. The quantitative estimate of drug-likeness (QED) is 0.726. The number of ether oxygens (including phenoxy) is 1. The Morgan fingerprint density at radius 3 is 2.38 bits per heavy atom. The van der Waals surface area contributed by atoms with Gasteiger partial charge in [-0.1, -0.05) is 6.07 Å². The van der Waals surface area contributed by atoms with Crippen molar-refractivity contribution in [1.29, 1.82) is 0 Å². The molecule has 72 valence electrons. The smallest absolute Gasteiger partial charge is 0.134 e. The number of rotatable bonds is 1. The molecule has 0 fully saturated rings. The average Bonchev–Trinajstić information content (AvgIpc) is 1.94. The number of benzene rings is 1. The van der Waals surface area contributed by atoms with Gasteiger partial charge in [0, 0.05) is 0 Å². The minimum Gasteiger partial charge on any atom is -0.487 e. The van der Waals surface area contributed by atoms with Crippen molar-refractivity contribution in [2.75, 3.05) is 0 Å². The monoisotopic (exact) mass is 242 g/mol. The van der Waals surface area contributed by atoms with Crippen LogP contribution in [0.25, 0.3) is 0 Å². The SMILES string of the molecule is Cc1ccc(Br)c(OC(C)(C)C)c1. The van der Waals surface area contributed by atoms with E-state index in [1.54, 1.807) is 0 Å². The van der Waals surface area contributed by atoms with Gasteiger partial charge in [-0.3, -0.25) is 0 Å². The number of aryl methyl sites for hydroxylation is 1. The first kappa shape index (κ1) is 10.6. The van der Waals surface area contributed by atoms with Gasteiger partial charge in [-0.15, -0.1) is 0 Å². The van der Waals surface area contributed by atoms with Gasteiger partial charge in [0.2, 0.25) is 0 Å². The maximum atomic E-state index is 5.77. The van der Waals surface area contributed by atoms with E-state index >= 15 is 0 Å². The Kier molecular flexibility index (Phi) is 3.01. The molecule has 0 aliphatic carbocycles. The van der Waals surface area contributed by atoms with E-state index in [0.29, 0.717) is 0 Å². The van der Waals surface area contributed by atoms with Crippen LogP contribution in [0.5, 0.6) is 5.75 Å². The molecule has 0 saturated carbocycles. The molecule has 0 atom stereocenters. The maximum Gasteiger partial charge on any atom is 0.134 e. The van der Waals surface area contributed by atoms with Crippen molar-refractivity contribution in [3.8, 4) is 5.75 Å². The standard InChI is InChI=1S/C11H15BrO/c1-8-5-6-9(12)10(7-8)13-11(2,3)4/h5-7H,1-4H3. The molecule has 13 heavy (non-hydrogen) atoms. The first-order chi connectivity index (χ1) is 5.88. The van der Waals surface area contributed by atoms with Crippen molar-refractivity contribution in [1.82, 2.24) is 0 Å². The molecule has 0 heterocycles. The van der Waals surface area contributed by atoms with E-state index in [9.17, 15) is 0 Å². The fourth-order valence-electron chi connectivity index (χ4n) is 1.02. The third-order valence-electron chi connectivity index (χ3n) is 1.50. The second-order valence-corrected chi connectivity index (χ2v) is 5.00. The van der Waals surface area contributed by atoms with Crippen LogP contribution in [-0.4, -0.2) is 5.60 Å². The molecule has 1 aromatic rings. The first-order valence-electron chi connectivity index (χ1n) is 4.34. The largest absolute Gasteiger partial charge is 0.487 e. The number of hydrogen-bond acceptors (Lipinski definition) is 1. The zero-order valence-corrected chi connectivity index (χ0v) is 10.1. The molecule has 0 radical (unpaired) electrons. The molecule has 0 aliphatic heterocycles. The van der Waals surface area contributed by atoms with Crippen molar-refractivity contribution in [2.24, 2.45) is 0 Å². The summed E-state index contributed by atoms with van der Waals surface area (Å²) in [5, 5.41) is 0. The molecular formula is C11H15BrO. The topological polar surface area (TPSA) is 9.23 Å². The molecule has 0 aromatic heterocycles. The van der Waals surface area contributed by atoms with E-state index in [2.05, 4.69) is 28.9 Å². The molecule has 0 unspecified atom stereocenters. The van der Waals surface area contributed by atoms with Crippen molar-refractivity contribution in [3.63, 3.8) is 0 Å². The zero-order valence-electron chi connectivity index (χ0n) is 8.52. The fraction of sp³-hybridized carbons (Fsp3) is 0.455. The number of hydrogen-bond donors (Lipinski definition) is 0. The highest BCUT2D eigenvalue weighted by Crippen LogP contribution is 2.28. The van der Waals surface area contributed by atoms with Gasteiger partial charge in [-0.2, -0.15) is 0 Å². The lowest BCUT2D eigenvalue weighted by atomic mass is 10.2. The maximum absolute atomic E-state index is 5.77. The van der Waals surface area contributed by atoms with Crippen LogP contribution in [0.15, 0.2) is 22.7 Å². The van der Waals surface area contributed by atoms with E-state index in [1.165, 1.54) is 5.56 Å². The molecule has 1 rings (SSSR count). The van der Waals surface area contributed by atoms with Crippen LogP contribution in [-0.2, 0) is 0 Å². The predicted octanol–water partition coefficient (Wildman–Crippen LogP) is 3.93. The lowest BCUT2D eigenvalue weighted by Crippen LogP contribution is -2.23. The minimum absolute atomic E-state index is 0.143. The van der Waals surface area contributed by atoms with Crippen molar-refractivity contribution >= 4 is 15.9 Å². The van der Waals surface area contributed by atoms with Crippen LogP contribution >= 0.6 is 15.9 Å². The molecule has 0 spiro atoms. The molecule has 0 bridgehead atoms. The molecule has 0 aliphatic rings. The van der Waals surface area contributed by atoms with Crippen LogP contribution in [0.2, 0.25) is 0 Å². The minimum atomic E-state index is -0.143. The predicted molar refractivity (Wildman–Crippen MR) is 59.3 cm³/mol. The van der Waals surface area contributed by atoms with Gasteiger partial charge in [0.15, 0.2) is 0 Å². The summed E-state index contributed by atoms with van der Waals surface area (Å²) < 4.78 is 6.77. The van der Waals surface area contributed by atoms with Crippen molar-refractivity contribution in [2.45, 2.75) is 33.3 Å². The lowest BCUT2D eigenvalue weighted by molar-refractivity contribution is 0.130. The molecule has 0 N–H and O–H groups in total. The van der Waals surface area contributed by atoms with Gasteiger partial charge in [0.25, 0.3) is 0 Å². The van der Waals surface area contributed by atoms with Crippen molar-refractivity contribution in [3.05, 3.63) is 28.2 Å². The van der Waals surface area contributed by atoms with Crippen LogP contribution < -0.4 is 4.74 Å². The summed E-state index contributed by atoms with van der Waals surface area (Å²) in [7, 11) is 0. The molecule has 1 aromatic carbocycles. The molecular weight excluding hydrogens is 228 g/mol. The van der Waals surface area contributed by atoms with Gasteiger partial charge in [0.05, 0.1) is 4.47 Å². The molecule has 0 amide bonds. The summed E-state index contributed by atoms with van der Waals surface area (Å²) in [6, 6.07) is 6.10. The Morgan fingerprint density at radius 1 is 1.23 bits per heavy atom. The summed E-state index contributed by atoms with van der Waals surface area (Å²) >= 11 is 3.46. The number of halogens is 1. The van der Waals surface area contributed by atoms with Gasteiger partial charge >= 0.3 is 0 Å². The van der Waals surface area contributed by atoms with Crippen LogP contribution in [0, 0.1) is 6.92 Å². The van der Waals surface area contributed by atoms with Crippen molar-refractivity contribution < 1.29 is 4.74 Å². The molecule has 2 heteroatoms. The van der Waals surface area contributed by atoms with Gasteiger partial charge in [-0.25, -0.2) is 0 Å². The third-order valence-corrected chi connectivity index (χ3v) is 2.16. The van der Waals surface area contributed by atoms with Crippen LogP contribution in [0.3, 0.4) is 0 Å². The van der Waals surface area contributed by atoms with E-state index in [4.69, 9.17) is 4.74 Å². The van der Waals surface area contributed by atoms with Gasteiger partial charge in [0.1, 0.15) is 11.4 Å². The highest BCUT2D eigenvalue weighted by molar-refractivity contribution is 9.10. The summed E-state index contributed by atoms with van der Waals surface area (Å²) in [5.74, 6) is 0.910. The van der Waals surface area contributed by atoms with E-state index in [0.717, 1.165) is 10.2 Å². The van der Waals surface area contributed by atoms with E-state index < -0.39 is 0 Å². The Labute approximate surface area is 88.2 Å². The van der Waals surface area contributed by atoms with E-state index in [1.807, 2.05) is 32.9 Å². The Hall–Kier alpha value is -0.500. The van der Waals surface area contributed by atoms with Crippen LogP contribution in [0.4, 0.5) is 0 Å². The second-order valence-electron chi connectivity index (χ2n) is 4.15. The van der Waals surface area contributed by atoms with Gasteiger partial charge < -0.3 is 4.74 Å². The molecule has 1 nitrogen and oxygen atoms in total. The summed E-state index contributed by atoms with van der Waals surface area (Å²) in [6.45, 7) is 8.19. The summed E-state index contributed by atoms with van der Waals surface area (Å²) in [6.07, 6.45) is 0. The average molecular weight is 243 g/mol. The van der Waals surface area contributed by atoms with Gasteiger partial charge in [-0.05, 0) is 61.3 Å².